The number of aromatic nitrogens is 1. The molecule has 1 spiro atoms. The fourth-order valence-corrected chi connectivity index (χ4v) is 4.82. The van der Waals surface area contributed by atoms with E-state index < -0.39 is 0 Å². The highest BCUT2D eigenvalue weighted by molar-refractivity contribution is 7.09. The molecule has 2 atom stereocenters. The van der Waals surface area contributed by atoms with Crippen LogP contribution in [0.5, 0.6) is 0 Å². The van der Waals surface area contributed by atoms with Crippen LogP contribution < -0.4 is 0 Å². The Morgan fingerprint density at radius 2 is 2.20 bits per heavy atom. The number of piperidine rings is 1. The predicted molar refractivity (Wildman–Crippen MR) is 98.9 cm³/mol. The third kappa shape index (κ3) is 4.23. The van der Waals surface area contributed by atoms with Crippen LogP contribution in [0, 0.1) is 5.92 Å². The zero-order valence-corrected chi connectivity index (χ0v) is 16.3. The Hall–Kier alpha value is -0.980. The zero-order valence-electron chi connectivity index (χ0n) is 15.5. The van der Waals surface area contributed by atoms with E-state index in [-0.39, 0.29) is 23.7 Å². The molecule has 1 amide bonds. The minimum atomic E-state index is -0.293. The van der Waals surface area contributed by atoms with Gasteiger partial charge in [0.1, 0.15) is 5.69 Å². The van der Waals surface area contributed by atoms with Crippen LogP contribution in [-0.2, 0) is 11.2 Å². The van der Waals surface area contributed by atoms with Gasteiger partial charge >= 0.3 is 0 Å². The minimum Gasteiger partial charge on any atom is -0.393 e. The molecule has 0 radical (unpaired) electrons. The van der Waals surface area contributed by atoms with Gasteiger partial charge in [-0.3, -0.25) is 4.79 Å². The lowest BCUT2D eigenvalue weighted by Gasteiger charge is -2.48. The van der Waals surface area contributed by atoms with Crippen molar-refractivity contribution in [3.8, 4) is 0 Å². The first-order valence-electron chi connectivity index (χ1n) is 9.52. The highest BCUT2D eigenvalue weighted by atomic mass is 32.1. The predicted octanol–water partition coefficient (Wildman–Crippen LogP) is 3.27. The summed E-state index contributed by atoms with van der Waals surface area (Å²) in [6, 6.07) is 0. The van der Waals surface area contributed by atoms with Gasteiger partial charge in [0.05, 0.1) is 22.8 Å². The van der Waals surface area contributed by atoms with Crippen LogP contribution >= 0.6 is 11.3 Å². The van der Waals surface area contributed by atoms with Crippen molar-refractivity contribution in [2.45, 2.75) is 77.1 Å². The van der Waals surface area contributed by atoms with Crippen LogP contribution in [0.4, 0.5) is 0 Å². The molecule has 2 fully saturated rings. The number of nitrogens with zero attached hydrogens (tertiary/aromatic N) is 2. The Bertz CT molecular complexity index is 593. The second kappa shape index (κ2) is 7.72. The van der Waals surface area contributed by atoms with Crippen molar-refractivity contribution in [1.29, 1.82) is 0 Å². The van der Waals surface area contributed by atoms with Gasteiger partial charge in [0.25, 0.3) is 5.91 Å². The Balaban J connectivity index is 1.61. The van der Waals surface area contributed by atoms with Gasteiger partial charge in [-0.1, -0.05) is 20.8 Å². The smallest absolute Gasteiger partial charge is 0.273 e. The molecule has 3 heterocycles. The average molecular weight is 367 g/mol. The molecule has 1 aromatic heterocycles. The van der Waals surface area contributed by atoms with Crippen LogP contribution in [-0.4, -0.2) is 51.8 Å². The van der Waals surface area contributed by atoms with Crippen molar-refractivity contribution in [3.63, 3.8) is 0 Å². The van der Waals surface area contributed by atoms with Gasteiger partial charge in [0.15, 0.2) is 0 Å². The number of carbonyl (C=O) groups is 1. The second-order valence-electron chi connectivity index (χ2n) is 7.85. The van der Waals surface area contributed by atoms with Gasteiger partial charge in [-0.15, -0.1) is 11.3 Å². The molecule has 2 aliphatic heterocycles. The first-order valence-corrected chi connectivity index (χ1v) is 10.4. The maximum Gasteiger partial charge on any atom is 0.273 e. The van der Waals surface area contributed by atoms with Gasteiger partial charge < -0.3 is 14.7 Å². The summed E-state index contributed by atoms with van der Waals surface area (Å²) < 4.78 is 6.41. The zero-order chi connectivity index (χ0) is 18.0. The lowest BCUT2D eigenvalue weighted by Crippen LogP contribution is -2.54. The third-order valence-corrected chi connectivity index (χ3v) is 6.36. The van der Waals surface area contributed by atoms with E-state index in [4.69, 9.17) is 4.74 Å². The fourth-order valence-electron chi connectivity index (χ4n) is 3.95. The van der Waals surface area contributed by atoms with Crippen molar-refractivity contribution >= 4 is 17.2 Å². The lowest BCUT2D eigenvalue weighted by atomic mass is 9.80. The molecule has 140 valence electrons. The number of carbonyl (C=O) groups excluding carboxylic acids is 1. The summed E-state index contributed by atoms with van der Waals surface area (Å²) in [6.07, 6.45) is 4.81. The summed E-state index contributed by atoms with van der Waals surface area (Å²) in [5.74, 6) is 0.434. The van der Waals surface area contributed by atoms with Crippen molar-refractivity contribution in [2.75, 3.05) is 13.1 Å². The summed E-state index contributed by atoms with van der Waals surface area (Å²) >= 11 is 1.58. The van der Waals surface area contributed by atoms with E-state index in [0.29, 0.717) is 31.1 Å². The number of thiazole rings is 1. The molecule has 0 aliphatic carbocycles. The number of aryl methyl sites for hydroxylation is 1. The average Bonchev–Trinajstić information content (AvgIpc) is 3.03. The van der Waals surface area contributed by atoms with Gasteiger partial charge in [-0.05, 0) is 38.0 Å². The quantitative estimate of drug-likeness (QED) is 0.888. The number of aliphatic hydroxyl groups excluding tert-OH is 1. The van der Waals surface area contributed by atoms with Crippen LogP contribution in [0.1, 0.15) is 68.4 Å². The van der Waals surface area contributed by atoms with E-state index in [0.717, 1.165) is 37.1 Å². The standard InChI is InChI=1S/C19H30N2O3S/c1-4-5-17-20-15(12-25-17)18(23)21-8-6-19(7-9-21)11-14(22)10-16(24-19)13(2)3/h12-14,16,22H,4-11H2,1-3H3/t14-,16-/m1/s1. The Morgan fingerprint density at radius 3 is 2.84 bits per heavy atom. The van der Waals surface area contributed by atoms with E-state index in [9.17, 15) is 9.90 Å². The van der Waals surface area contributed by atoms with Crippen molar-refractivity contribution in [3.05, 3.63) is 16.1 Å². The first-order chi connectivity index (χ1) is 11.9. The molecule has 0 unspecified atom stereocenters. The van der Waals surface area contributed by atoms with E-state index in [1.807, 2.05) is 10.3 Å². The first kappa shape index (κ1) is 18.8. The largest absolute Gasteiger partial charge is 0.393 e. The number of ether oxygens (including phenoxy) is 1. The van der Waals surface area contributed by atoms with Crippen molar-refractivity contribution in [2.24, 2.45) is 5.92 Å². The van der Waals surface area contributed by atoms with Crippen LogP contribution in [0.25, 0.3) is 0 Å². The molecule has 0 aromatic carbocycles. The molecule has 25 heavy (non-hydrogen) atoms. The topological polar surface area (TPSA) is 62.7 Å². The van der Waals surface area contributed by atoms with Crippen LogP contribution in [0.3, 0.4) is 0 Å². The van der Waals surface area contributed by atoms with Gasteiger partial charge in [0.2, 0.25) is 0 Å². The molecule has 1 aromatic rings. The molecule has 3 rings (SSSR count). The summed E-state index contributed by atoms with van der Waals surface area (Å²) in [6.45, 7) is 7.76. The highest BCUT2D eigenvalue weighted by Crippen LogP contribution is 2.39. The summed E-state index contributed by atoms with van der Waals surface area (Å²) in [7, 11) is 0. The molecule has 2 saturated heterocycles. The summed E-state index contributed by atoms with van der Waals surface area (Å²) in [5, 5.41) is 13.2. The van der Waals surface area contributed by atoms with Crippen molar-refractivity contribution in [1.82, 2.24) is 9.88 Å². The molecule has 1 N–H and O–H groups in total. The van der Waals surface area contributed by atoms with Gasteiger partial charge in [-0.25, -0.2) is 4.98 Å². The minimum absolute atomic E-state index is 0.0326. The number of likely N-dealkylation sites (tertiary alicyclic amines) is 1. The monoisotopic (exact) mass is 366 g/mol. The number of aliphatic hydroxyl groups is 1. The Kier molecular flexibility index (Phi) is 5.81. The number of hydrogen-bond donors (Lipinski definition) is 1. The summed E-state index contributed by atoms with van der Waals surface area (Å²) in [5.41, 5.74) is 0.313. The van der Waals surface area contributed by atoms with E-state index in [1.54, 1.807) is 11.3 Å². The molecular formula is C19H30N2O3S. The van der Waals surface area contributed by atoms with Crippen molar-refractivity contribution < 1.29 is 14.6 Å². The Morgan fingerprint density at radius 1 is 1.48 bits per heavy atom. The number of rotatable bonds is 4. The normalized spacial score (nSPS) is 26.4. The number of amides is 1. The molecule has 0 saturated carbocycles. The summed E-state index contributed by atoms with van der Waals surface area (Å²) in [4.78, 5) is 19.1. The SMILES string of the molecule is CCCc1nc(C(=O)N2CCC3(CC2)C[C@H](O)C[C@H](C(C)C)O3)cs1. The molecular weight excluding hydrogens is 336 g/mol. The maximum atomic E-state index is 12.7. The molecule has 6 heteroatoms. The third-order valence-electron chi connectivity index (χ3n) is 5.45. The highest BCUT2D eigenvalue weighted by Gasteiger charge is 2.44. The number of hydrogen-bond acceptors (Lipinski definition) is 5. The van der Waals surface area contributed by atoms with Gasteiger partial charge in [-0.2, -0.15) is 0 Å². The van der Waals surface area contributed by atoms with Crippen LogP contribution in [0.2, 0.25) is 0 Å². The van der Waals surface area contributed by atoms with Crippen LogP contribution in [0.15, 0.2) is 5.38 Å². The Labute approximate surface area is 154 Å². The second-order valence-corrected chi connectivity index (χ2v) is 8.79. The molecule has 5 nitrogen and oxygen atoms in total. The fraction of sp³-hybridized carbons (Fsp3) is 0.789. The molecule has 0 bridgehead atoms. The maximum absolute atomic E-state index is 12.7. The van der Waals surface area contributed by atoms with Gasteiger partial charge in [0, 0.05) is 24.9 Å². The molecule has 2 aliphatic rings. The van der Waals surface area contributed by atoms with E-state index in [1.165, 1.54) is 0 Å². The van der Waals surface area contributed by atoms with E-state index >= 15 is 0 Å². The van der Waals surface area contributed by atoms with E-state index in [2.05, 4.69) is 25.8 Å². The lowest BCUT2D eigenvalue weighted by molar-refractivity contribution is -0.190.